The molecule has 0 radical (unpaired) electrons. The first-order valence-corrected chi connectivity index (χ1v) is 16.2. The molecule has 1 heterocycles. The second-order valence-corrected chi connectivity index (χ2v) is 12.2. The molecule has 0 aromatic heterocycles. The molecule has 5 rings (SSSR count). The van der Waals surface area contributed by atoms with Crippen molar-refractivity contribution in [1.82, 2.24) is 5.32 Å². The van der Waals surface area contributed by atoms with Crippen LogP contribution in [-0.4, -0.2) is 76.3 Å². The van der Waals surface area contributed by atoms with Gasteiger partial charge in [0.2, 0.25) is 0 Å². The summed E-state index contributed by atoms with van der Waals surface area (Å²) in [7, 11) is 0. The molecule has 11 heteroatoms. The third-order valence-electron chi connectivity index (χ3n) is 8.27. The Morgan fingerprint density at radius 1 is 0.771 bits per heavy atom. The third kappa shape index (κ3) is 8.77. The number of rotatable bonds is 15. The molecule has 256 valence electrons. The van der Waals surface area contributed by atoms with E-state index in [0.29, 0.717) is 41.9 Å². The molecule has 0 fully saturated rings. The monoisotopic (exact) mass is 679 g/mol. The molecule has 0 saturated carbocycles. The minimum atomic E-state index is -1.71. The second kappa shape index (κ2) is 16.5. The highest BCUT2D eigenvalue weighted by Gasteiger charge is 2.29. The number of nitrogens with one attached hydrogen (secondary N) is 1. The number of hydrogen-bond donors (Lipinski definition) is 6. The Morgan fingerprint density at radius 2 is 1.50 bits per heavy atom. The minimum Gasteiger partial charge on any atom is -0.488 e. The van der Waals surface area contributed by atoms with E-state index in [4.69, 9.17) is 35.7 Å². The van der Waals surface area contributed by atoms with E-state index in [2.05, 4.69) is 11.4 Å². The Morgan fingerprint density at radius 3 is 2.27 bits per heavy atom. The van der Waals surface area contributed by atoms with Crippen molar-refractivity contribution in [2.45, 2.75) is 58.0 Å². The lowest BCUT2D eigenvalue weighted by Gasteiger charge is -2.26. The zero-order valence-corrected chi connectivity index (χ0v) is 27.7. The summed E-state index contributed by atoms with van der Waals surface area (Å²) in [5.74, 6) is 2.40. The Kier molecular flexibility index (Phi) is 12.2. The zero-order chi connectivity index (χ0) is 34.2. The summed E-state index contributed by atoms with van der Waals surface area (Å²) < 4.78 is 24.0. The van der Waals surface area contributed by atoms with Gasteiger partial charge in [-0.2, -0.15) is 0 Å². The van der Waals surface area contributed by atoms with Crippen LogP contribution in [0.2, 0.25) is 5.02 Å². The number of benzene rings is 4. The largest absolute Gasteiger partial charge is 0.488 e. The normalized spacial score (nSPS) is 15.0. The number of aliphatic hydroxyl groups excluding tert-OH is 5. The molecule has 48 heavy (non-hydrogen) atoms. The maximum Gasteiger partial charge on any atom is 0.161 e. The van der Waals surface area contributed by atoms with Gasteiger partial charge in [-0.05, 0) is 59.9 Å². The number of fused-ring (bicyclic) bond motifs is 1. The third-order valence-corrected chi connectivity index (χ3v) is 8.56. The van der Waals surface area contributed by atoms with Gasteiger partial charge in [-0.15, -0.1) is 0 Å². The van der Waals surface area contributed by atoms with Gasteiger partial charge in [-0.25, -0.2) is 0 Å². The number of aliphatic hydroxyl groups is 5. The summed E-state index contributed by atoms with van der Waals surface area (Å²) in [6, 6.07) is 23.4. The summed E-state index contributed by atoms with van der Waals surface area (Å²) in [6.45, 7) is 4.97. The van der Waals surface area contributed by atoms with Crippen molar-refractivity contribution in [1.29, 1.82) is 0 Å². The molecule has 4 aromatic carbocycles. The molecule has 6 N–H and O–H groups in total. The quantitative estimate of drug-likeness (QED) is 0.109. The van der Waals surface area contributed by atoms with Crippen LogP contribution < -0.4 is 24.3 Å². The summed E-state index contributed by atoms with van der Waals surface area (Å²) in [6.07, 6.45) is -6.39. The van der Waals surface area contributed by atoms with Crippen molar-refractivity contribution < 1.29 is 44.5 Å². The topological polar surface area (TPSA) is 150 Å². The summed E-state index contributed by atoms with van der Waals surface area (Å²) >= 11 is 6.72. The van der Waals surface area contributed by atoms with E-state index in [1.807, 2.05) is 68.4 Å². The van der Waals surface area contributed by atoms with Crippen LogP contribution in [0.4, 0.5) is 0 Å². The molecular formula is C37H42ClNO9. The van der Waals surface area contributed by atoms with E-state index < -0.39 is 31.0 Å². The molecule has 0 spiro atoms. The van der Waals surface area contributed by atoms with E-state index in [-0.39, 0.29) is 19.7 Å². The SMILES string of the molecule is Cc1cccc(COc2cc(OCc3cccc(-c4ccc5c(c4)OCCO5)c3C)c(Cl)cc2CNC[C@H](O)[C@@H](O)[C@H](O)[C@H](O)CO)c1. The minimum absolute atomic E-state index is 0.122. The Bertz CT molecular complexity index is 1680. The van der Waals surface area contributed by atoms with Gasteiger partial charge in [0, 0.05) is 24.7 Å². The summed E-state index contributed by atoms with van der Waals surface area (Å²) in [4.78, 5) is 0. The maximum absolute atomic E-state index is 10.3. The molecule has 4 atom stereocenters. The van der Waals surface area contributed by atoms with Crippen LogP contribution in [0, 0.1) is 13.8 Å². The summed E-state index contributed by atoms with van der Waals surface area (Å²) in [5.41, 5.74) is 6.85. The first-order chi connectivity index (χ1) is 23.1. The van der Waals surface area contributed by atoms with E-state index in [0.717, 1.165) is 44.9 Å². The fraction of sp³-hybridized carbons (Fsp3) is 0.351. The van der Waals surface area contributed by atoms with Crippen LogP contribution in [-0.2, 0) is 19.8 Å². The molecule has 1 aliphatic heterocycles. The van der Waals surface area contributed by atoms with Crippen LogP contribution in [0.15, 0.2) is 72.8 Å². The van der Waals surface area contributed by atoms with Crippen LogP contribution >= 0.6 is 11.6 Å². The molecule has 0 amide bonds. The second-order valence-electron chi connectivity index (χ2n) is 11.8. The van der Waals surface area contributed by atoms with Gasteiger partial charge >= 0.3 is 0 Å². The van der Waals surface area contributed by atoms with Crippen molar-refractivity contribution in [3.05, 3.63) is 106 Å². The Balaban J connectivity index is 1.32. The van der Waals surface area contributed by atoms with Gasteiger partial charge < -0.3 is 49.8 Å². The highest BCUT2D eigenvalue weighted by atomic mass is 35.5. The lowest BCUT2D eigenvalue weighted by Crippen LogP contribution is -2.48. The molecule has 0 aliphatic carbocycles. The first kappa shape index (κ1) is 35.4. The number of ether oxygens (including phenoxy) is 4. The average molecular weight is 680 g/mol. The molecule has 0 bridgehead atoms. The lowest BCUT2D eigenvalue weighted by atomic mass is 9.96. The fourth-order valence-electron chi connectivity index (χ4n) is 5.48. The Labute approximate surface area is 285 Å². The van der Waals surface area contributed by atoms with Crippen molar-refractivity contribution >= 4 is 11.6 Å². The number of halogens is 1. The maximum atomic E-state index is 10.3. The van der Waals surface area contributed by atoms with E-state index in [9.17, 15) is 20.4 Å². The summed E-state index contributed by atoms with van der Waals surface area (Å²) in [5, 5.41) is 52.5. The molecule has 0 unspecified atom stereocenters. The van der Waals surface area contributed by atoms with Crippen LogP contribution in [0.3, 0.4) is 0 Å². The smallest absolute Gasteiger partial charge is 0.161 e. The predicted molar refractivity (Wildman–Crippen MR) is 182 cm³/mol. The fourth-order valence-corrected chi connectivity index (χ4v) is 5.72. The van der Waals surface area contributed by atoms with Gasteiger partial charge in [-0.1, -0.05) is 65.7 Å². The lowest BCUT2D eigenvalue weighted by molar-refractivity contribution is -0.114. The standard InChI is InChI=1S/C37H42ClNO9/c1-22-5-3-6-24(13-22)20-47-33-16-34(29(38)14-27(33)17-39-18-30(41)36(43)37(44)31(42)19-40)48-21-26-7-4-8-28(23(26)2)25-9-10-32-35(15-25)46-12-11-45-32/h3-10,13-16,30-31,36-37,39-44H,11-12,17-21H2,1-2H3/t30-,31+,36+,37+/m0/s1. The van der Waals surface area contributed by atoms with Crippen molar-refractivity contribution in [3.63, 3.8) is 0 Å². The molecule has 10 nitrogen and oxygen atoms in total. The first-order valence-electron chi connectivity index (χ1n) is 15.8. The van der Waals surface area contributed by atoms with E-state index >= 15 is 0 Å². The zero-order valence-electron chi connectivity index (χ0n) is 26.9. The van der Waals surface area contributed by atoms with Gasteiger partial charge in [-0.3, -0.25) is 0 Å². The predicted octanol–water partition coefficient (Wildman–Crippen LogP) is 4.08. The number of aryl methyl sites for hydroxylation is 1. The van der Waals surface area contributed by atoms with Gasteiger partial charge in [0.1, 0.15) is 56.2 Å². The molecule has 0 saturated heterocycles. The van der Waals surface area contributed by atoms with E-state index in [1.165, 1.54) is 0 Å². The van der Waals surface area contributed by atoms with Crippen molar-refractivity contribution in [2.24, 2.45) is 0 Å². The highest BCUT2D eigenvalue weighted by molar-refractivity contribution is 6.32. The highest BCUT2D eigenvalue weighted by Crippen LogP contribution is 2.37. The van der Waals surface area contributed by atoms with Crippen LogP contribution in [0.1, 0.15) is 27.8 Å². The van der Waals surface area contributed by atoms with Crippen molar-refractivity contribution in [2.75, 3.05) is 26.4 Å². The van der Waals surface area contributed by atoms with Gasteiger partial charge in [0.15, 0.2) is 11.5 Å². The van der Waals surface area contributed by atoms with Crippen molar-refractivity contribution in [3.8, 4) is 34.1 Å². The van der Waals surface area contributed by atoms with E-state index in [1.54, 1.807) is 12.1 Å². The van der Waals surface area contributed by atoms with Gasteiger partial charge in [0.25, 0.3) is 0 Å². The molecule has 1 aliphatic rings. The Hall–Kier alpha value is -3.87. The average Bonchev–Trinajstić information content (AvgIpc) is 3.10. The molecular weight excluding hydrogens is 638 g/mol. The van der Waals surface area contributed by atoms with Crippen LogP contribution in [0.5, 0.6) is 23.0 Å². The van der Waals surface area contributed by atoms with Crippen LogP contribution in [0.25, 0.3) is 11.1 Å². The molecule has 4 aromatic rings. The number of hydrogen-bond acceptors (Lipinski definition) is 10. The van der Waals surface area contributed by atoms with Gasteiger partial charge in [0.05, 0.1) is 17.7 Å².